The van der Waals surface area contributed by atoms with Crippen LogP contribution in [0.2, 0.25) is 0 Å². The molecule has 3 nitrogen and oxygen atoms in total. The number of benzene rings is 1. The van der Waals surface area contributed by atoms with Crippen molar-refractivity contribution >= 4 is 5.91 Å². The Labute approximate surface area is 102 Å². The highest BCUT2D eigenvalue weighted by Crippen LogP contribution is 2.18. The molecule has 0 radical (unpaired) electrons. The van der Waals surface area contributed by atoms with Crippen molar-refractivity contribution in [3.05, 3.63) is 47.5 Å². The molecule has 0 aliphatic carbocycles. The highest BCUT2D eigenvalue weighted by atomic mass is 16.3. The van der Waals surface area contributed by atoms with Gasteiger partial charge < -0.3 is 10.4 Å². The molecular weight excluding hydrogens is 214 g/mol. The minimum atomic E-state index is -1.05. The maximum atomic E-state index is 11.4. The quantitative estimate of drug-likeness (QED) is 0.781. The third kappa shape index (κ3) is 4.41. The van der Waals surface area contributed by atoms with Crippen LogP contribution < -0.4 is 5.32 Å². The van der Waals surface area contributed by atoms with Gasteiger partial charge >= 0.3 is 0 Å². The van der Waals surface area contributed by atoms with Crippen molar-refractivity contribution in [2.75, 3.05) is 6.54 Å². The molecule has 0 fully saturated rings. The van der Waals surface area contributed by atoms with Crippen molar-refractivity contribution in [3.63, 3.8) is 0 Å². The lowest BCUT2D eigenvalue weighted by atomic mass is 9.96. The van der Waals surface area contributed by atoms with Crippen molar-refractivity contribution < 1.29 is 9.90 Å². The summed E-state index contributed by atoms with van der Waals surface area (Å²) in [6.45, 7) is 5.59. The Bertz CT molecular complexity index is 403. The molecule has 92 valence electrons. The van der Waals surface area contributed by atoms with Crippen molar-refractivity contribution in [1.29, 1.82) is 0 Å². The number of carbonyl (C=O) groups excluding carboxylic acids is 1. The summed E-state index contributed by atoms with van der Waals surface area (Å²) in [5.74, 6) is -0.179. The fourth-order valence-electron chi connectivity index (χ4n) is 1.47. The first-order valence-electron chi connectivity index (χ1n) is 5.62. The summed E-state index contributed by atoms with van der Waals surface area (Å²) < 4.78 is 0. The van der Waals surface area contributed by atoms with Gasteiger partial charge in [0.15, 0.2) is 0 Å². The number of rotatable bonds is 4. The summed E-state index contributed by atoms with van der Waals surface area (Å²) in [7, 11) is 0. The highest BCUT2D eigenvalue weighted by molar-refractivity contribution is 5.88. The molecule has 0 bridgehead atoms. The van der Waals surface area contributed by atoms with Crippen LogP contribution in [0.15, 0.2) is 42.0 Å². The van der Waals surface area contributed by atoms with E-state index < -0.39 is 5.60 Å². The molecule has 0 saturated carbocycles. The first kappa shape index (κ1) is 13.5. The molecule has 1 aromatic rings. The summed E-state index contributed by atoms with van der Waals surface area (Å²) in [6.07, 6.45) is 1.51. The predicted molar refractivity (Wildman–Crippen MR) is 68.5 cm³/mol. The molecule has 0 aromatic heterocycles. The average molecular weight is 233 g/mol. The first-order chi connectivity index (χ1) is 7.92. The van der Waals surface area contributed by atoms with E-state index in [-0.39, 0.29) is 12.5 Å². The van der Waals surface area contributed by atoms with Crippen LogP contribution in [0.3, 0.4) is 0 Å². The molecule has 3 heteroatoms. The standard InChI is InChI=1S/C14H19NO2/c1-11(2)9-13(16)15-10-14(3,17)12-7-5-4-6-8-12/h4-9,17H,10H2,1-3H3,(H,15,16). The molecule has 1 rings (SSSR count). The van der Waals surface area contributed by atoms with Crippen LogP contribution in [-0.2, 0) is 10.4 Å². The molecule has 0 aliphatic heterocycles. The normalized spacial score (nSPS) is 13.6. The van der Waals surface area contributed by atoms with E-state index in [1.54, 1.807) is 6.92 Å². The first-order valence-corrected chi connectivity index (χ1v) is 5.62. The van der Waals surface area contributed by atoms with Gasteiger partial charge in [0.05, 0.1) is 6.54 Å². The Morgan fingerprint density at radius 2 is 1.94 bits per heavy atom. The third-order valence-electron chi connectivity index (χ3n) is 2.42. The van der Waals surface area contributed by atoms with Gasteiger partial charge in [-0.1, -0.05) is 35.9 Å². The maximum Gasteiger partial charge on any atom is 0.244 e. The van der Waals surface area contributed by atoms with Crippen molar-refractivity contribution in [2.45, 2.75) is 26.4 Å². The molecule has 0 saturated heterocycles. The number of amides is 1. The fourth-order valence-corrected chi connectivity index (χ4v) is 1.47. The van der Waals surface area contributed by atoms with Crippen LogP contribution in [-0.4, -0.2) is 17.6 Å². The van der Waals surface area contributed by atoms with Gasteiger partial charge in [0.25, 0.3) is 0 Å². The van der Waals surface area contributed by atoms with Gasteiger partial charge in [0, 0.05) is 6.08 Å². The van der Waals surface area contributed by atoms with Gasteiger partial charge in [-0.25, -0.2) is 0 Å². The number of hydrogen-bond acceptors (Lipinski definition) is 2. The van der Waals surface area contributed by atoms with Crippen LogP contribution in [0.5, 0.6) is 0 Å². The van der Waals surface area contributed by atoms with E-state index in [4.69, 9.17) is 0 Å². The van der Waals surface area contributed by atoms with Gasteiger partial charge in [-0.3, -0.25) is 4.79 Å². The lowest BCUT2D eigenvalue weighted by molar-refractivity contribution is -0.117. The molecule has 1 amide bonds. The Morgan fingerprint density at radius 3 is 2.47 bits per heavy atom. The number of aliphatic hydroxyl groups is 1. The smallest absolute Gasteiger partial charge is 0.244 e. The minimum Gasteiger partial charge on any atom is -0.384 e. The zero-order valence-electron chi connectivity index (χ0n) is 10.5. The molecule has 17 heavy (non-hydrogen) atoms. The van der Waals surface area contributed by atoms with Crippen LogP contribution in [0.4, 0.5) is 0 Å². The highest BCUT2D eigenvalue weighted by Gasteiger charge is 2.22. The number of allylic oxidation sites excluding steroid dienone is 1. The number of carbonyl (C=O) groups is 1. The van der Waals surface area contributed by atoms with Crippen molar-refractivity contribution in [2.24, 2.45) is 0 Å². The maximum absolute atomic E-state index is 11.4. The van der Waals surface area contributed by atoms with Crippen LogP contribution in [0.1, 0.15) is 26.3 Å². The van der Waals surface area contributed by atoms with Gasteiger partial charge in [-0.2, -0.15) is 0 Å². The monoisotopic (exact) mass is 233 g/mol. The Hall–Kier alpha value is -1.61. The Morgan fingerprint density at radius 1 is 1.35 bits per heavy atom. The minimum absolute atomic E-state index is 0.179. The fraction of sp³-hybridized carbons (Fsp3) is 0.357. The third-order valence-corrected chi connectivity index (χ3v) is 2.42. The van der Waals surface area contributed by atoms with E-state index in [0.717, 1.165) is 11.1 Å². The summed E-state index contributed by atoms with van der Waals surface area (Å²) in [5.41, 5.74) is 0.672. The second kappa shape index (κ2) is 5.64. The van der Waals surface area contributed by atoms with E-state index in [1.165, 1.54) is 6.08 Å². The zero-order chi connectivity index (χ0) is 12.9. The van der Waals surface area contributed by atoms with E-state index >= 15 is 0 Å². The van der Waals surface area contributed by atoms with Gasteiger partial charge in [0.1, 0.15) is 5.60 Å². The molecule has 1 unspecified atom stereocenters. The number of nitrogens with one attached hydrogen (secondary N) is 1. The predicted octanol–water partition coefficient (Wildman–Crippen LogP) is 1.98. The molecule has 0 heterocycles. The molecular formula is C14H19NO2. The molecule has 0 aliphatic rings. The lowest BCUT2D eigenvalue weighted by Crippen LogP contribution is -2.38. The Balaban J connectivity index is 2.63. The number of hydrogen-bond donors (Lipinski definition) is 2. The van der Waals surface area contributed by atoms with Crippen LogP contribution in [0.25, 0.3) is 0 Å². The van der Waals surface area contributed by atoms with Crippen molar-refractivity contribution in [1.82, 2.24) is 5.32 Å². The lowest BCUT2D eigenvalue weighted by Gasteiger charge is -2.23. The average Bonchev–Trinajstić information content (AvgIpc) is 2.27. The van der Waals surface area contributed by atoms with E-state index in [9.17, 15) is 9.90 Å². The van der Waals surface area contributed by atoms with Gasteiger partial charge in [-0.05, 0) is 26.3 Å². The Kier molecular flexibility index (Phi) is 4.46. The molecule has 2 N–H and O–H groups in total. The van der Waals surface area contributed by atoms with E-state index in [2.05, 4.69) is 5.32 Å². The molecule has 0 spiro atoms. The summed E-state index contributed by atoms with van der Waals surface area (Å²) in [4.78, 5) is 11.4. The van der Waals surface area contributed by atoms with Crippen LogP contribution >= 0.6 is 0 Å². The van der Waals surface area contributed by atoms with Crippen molar-refractivity contribution in [3.8, 4) is 0 Å². The summed E-state index contributed by atoms with van der Waals surface area (Å²) in [5, 5.41) is 12.9. The van der Waals surface area contributed by atoms with Gasteiger partial charge in [-0.15, -0.1) is 0 Å². The van der Waals surface area contributed by atoms with E-state index in [1.807, 2.05) is 44.2 Å². The summed E-state index contributed by atoms with van der Waals surface area (Å²) in [6, 6.07) is 9.30. The second-order valence-corrected chi connectivity index (χ2v) is 4.58. The summed E-state index contributed by atoms with van der Waals surface area (Å²) >= 11 is 0. The molecule has 1 aromatic carbocycles. The topological polar surface area (TPSA) is 49.3 Å². The van der Waals surface area contributed by atoms with Gasteiger partial charge in [0.2, 0.25) is 5.91 Å². The largest absolute Gasteiger partial charge is 0.384 e. The molecule has 1 atom stereocenters. The zero-order valence-corrected chi connectivity index (χ0v) is 10.5. The van der Waals surface area contributed by atoms with E-state index in [0.29, 0.717) is 0 Å². The second-order valence-electron chi connectivity index (χ2n) is 4.58. The van der Waals surface area contributed by atoms with Crippen LogP contribution in [0, 0.1) is 0 Å². The SMILES string of the molecule is CC(C)=CC(=O)NCC(C)(O)c1ccccc1.